The molecule has 0 saturated heterocycles. The molecular formula is C43H65NO5. The van der Waals surface area contributed by atoms with Crippen molar-refractivity contribution in [2.75, 3.05) is 0 Å². The predicted octanol–water partition coefficient (Wildman–Crippen LogP) is 12.4. The Hall–Kier alpha value is -3.67. The number of esters is 2. The monoisotopic (exact) mass is 675 g/mol. The molecular weight excluding hydrogens is 610 g/mol. The second kappa shape index (κ2) is 30.4. The van der Waals surface area contributed by atoms with E-state index in [9.17, 15) is 14.7 Å². The fourth-order valence-corrected chi connectivity index (χ4v) is 4.98. The summed E-state index contributed by atoms with van der Waals surface area (Å²) in [6.45, 7) is 7.74. The largest absolute Gasteiger partial charge is 0.503 e. The molecule has 0 aliphatic carbocycles. The number of aryl methyl sites for hydroxylation is 2. The van der Waals surface area contributed by atoms with Crippen molar-refractivity contribution in [3.63, 3.8) is 0 Å². The number of ether oxygens (including phenoxy) is 2. The molecule has 1 rings (SSSR count). The molecule has 0 unspecified atom stereocenters. The van der Waals surface area contributed by atoms with E-state index in [0.29, 0.717) is 24.2 Å². The first-order valence-electron chi connectivity index (χ1n) is 18.9. The molecule has 0 aliphatic rings. The Bertz CT molecular complexity index is 1220. The van der Waals surface area contributed by atoms with Crippen LogP contribution in [-0.2, 0) is 9.59 Å². The molecule has 0 bridgehead atoms. The summed E-state index contributed by atoms with van der Waals surface area (Å²) >= 11 is 0. The van der Waals surface area contributed by atoms with Crippen LogP contribution in [0.5, 0.6) is 17.2 Å². The molecule has 0 spiro atoms. The zero-order valence-electron chi connectivity index (χ0n) is 31.1. The predicted molar refractivity (Wildman–Crippen MR) is 205 cm³/mol. The maximum atomic E-state index is 12.6. The Morgan fingerprint density at radius 2 is 0.857 bits per heavy atom. The summed E-state index contributed by atoms with van der Waals surface area (Å²) in [6.07, 6.45) is 45.3. The number of unbranched alkanes of at least 4 members (excludes halogenated alkanes) is 10. The zero-order valence-corrected chi connectivity index (χ0v) is 31.1. The molecule has 1 heterocycles. The van der Waals surface area contributed by atoms with Gasteiger partial charge in [-0.25, -0.2) is 0 Å². The second-order valence-electron chi connectivity index (χ2n) is 12.5. The van der Waals surface area contributed by atoms with Gasteiger partial charge in [-0.3, -0.25) is 14.6 Å². The molecule has 1 N–H and O–H groups in total. The summed E-state index contributed by atoms with van der Waals surface area (Å²) in [7, 11) is 0. The van der Waals surface area contributed by atoms with Crippen molar-refractivity contribution in [3.05, 3.63) is 84.3 Å². The standard InChI is InChI=1S/C43H65NO5/c1-5-7-9-11-13-15-17-19-21-23-25-27-29-31-33-35-39(45)48-42-38(4)44-37(3)41(47)43(42)49-40(46)36-34-32-30-28-26-24-22-20-18-16-14-12-10-8-6-2/h13-16,19-22,25-28,47H,5-12,17-18,23-24,29-36H2,1-4H3/b15-13-,16-14-,21-19-,22-20-,27-25-,28-26-. The highest BCUT2D eigenvalue weighted by atomic mass is 16.6. The van der Waals surface area contributed by atoms with Crippen molar-refractivity contribution in [2.24, 2.45) is 0 Å². The van der Waals surface area contributed by atoms with Crippen molar-refractivity contribution >= 4 is 11.9 Å². The highest BCUT2D eigenvalue weighted by Gasteiger charge is 2.23. The lowest BCUT2D eigenvalue weighted by atomic mass is 10.1. The first-order valence-corrected chi connectivity index (χ1v) is 18.9. The third-order valence-electron chi connectivity index (χ3n) is 7.90. The van der Waals surface area contributed by atoms with Gasteiger partial charge in [0.15, 0.2) is 11.5 Å². The molecule has 0 fully saturated rings. The van der Waals surface area contributed by atoms with Crippen LogP contribution < -0.4 is 9.47 Å². The van der Waals surface area contributed by atoms with Gasteiger partial charge in [-0.2, -0.15) is 0 Å². The van der Waals surface area contributed by atoms with Gasteiger partial charge in [0.1, 0.15) is 0 Å². The van der Waals surface area contributed by atoms with E-state index in [4.69, 9.17) is 9.47 Å². The molecule has 0 aliphatic heterocycles. The number of allylic oxidation sites excluding steroid dienone is 12. The van der Waals surface area contributed by atoms with Gasteiger partial charge in [-0.15, -0.1) is 0 Å². The lowest BCUT2D eigenvalue weighted by Gasteiger charge is -2.15. The molecule has 0 aromatic carbocycles. The van der Waals surface area contributed by atoms with E-state index in [1.54, 1.807) is 13.8 Å². The first kappa shape index (κ1) is 43.4. The Kier molecular flexibility index (Phi) is 26.9. The van der Waals surface area contributed by atoms with Crippen LogP contribution in [0.15, 0.2) is 72.9 Å². The number of hydrogen-bond acceptors (Lipinski definition) is 6. The summed E-state index contributed by atoms with van der Waals surface area (Å²) in [6, 6.07) is 0. The number of carbonyl (C=O) groups is 2. The average Bonchev–Trinajstić information content (AvgIpc) is 3.08. The molecule has 0 saturated carbocycles. The molecule has 0 radical (unpaired) electrons. The Balaban J connectivity index is 2.36. The smallest absolute Gasteiger partial charge is 0.311 e. The van der Waals surface area contributed by atoms with Crippen LogP contribution in [0.1, 0.15) is 154 Å². The lowest BCUT2D eigenvalue weighted by Crippen LogP contribution is -2.14. The number of pyridine rings is 1. The Labute approximate surface area is 298 Å². The Morgan fingerprint density at radius 1 is 0.510 bits per heavy atom. The quantitative estimate of drug-likeness (QED) is 0.0540. The maximum absolute atomic E-state index is 12.6. The van der Waals surface area contributed by atoms with Crippen LogP contribution in [0.3, 0.4) is 0 Å². The van der Waals surface area contributed by atoms with Crippen molar-refractivity contribution < 1.29 is 24.2 Å². The third kappa shape index (κ3) is 23.3. The van der Waals surface area contributed by atoms with E-state index < -0.39 is 11.9 Å². The lowest BCUT2D eigenvalue weighted by molar-refractivity contribution is -0.137. The van der Waals surface area contributed by atoms with E-state index >= 15 is 0 Å². The van der Waals surface area contributed by atoms with Crippen LogP contribution in [-0.4, -0.2) is 22.0 Å². The summed E-state index contributed by atoms with van der Waals surface area (Å²) in [5, 5.41) is 10.6. The minimum Gasteiger partial charge on any atom is -0.503 e. The van der Waals surface area contributed by atoms with Gasteiger partial charge in [-0.1, -0.05) is 112 Å². The van der Waals surface area contributed by atoms with Gasteiger partial charge in [0.2, 0.25) is 5.75 Å². The van der Waals surface area contributed by atoms with E-state index in [2.05, 4.69) is 91.7 Å². The number of aromatic hydroxyl groups is 1. The van der Waals surface area contributed by atoms with Gasteiger partial charge in [-0.05, 0) is 104 Å². The van der Waals surface area contributed by atoms with Gasteiger partial charge < -0.3 is 14.6 Å². The van der Waals surface area contributed by atoms with E-state index in [0.717, 1.165) is 51.4 Å². The fourth-order valence-electron chi connectivity index (χ4n) is 4.98. The molecule has 1 aromatic rings. The molecule has 272 valence electrons. The van der Waals surface area contributed by atoms with Crippen molar-refractivity contribution in [1.82, 2.24) is 4.98 Å². The average molecular weight is 676 g/mol. The molecule has 1 aromatic heterocycles. The zero-order chi connectivity index (χ0) is 35.8. The van der Waals surface area contributed by atoms with Crippen LogP contribution in [0, 0.1) is 13.8 Å². The molecule has 6 heteroatoms. The van der Waals surface area contributed by atoms with Gasteiger partial charge in [0.05, 0.1) is 11.4 Å². The minimum atomic E-state index is -0.479. The summed E-state index contributed by atoms with van der Waals surface area (Å²) < 4.78 is 11.1. The fraction of sp³-hybridized carbons (Fsp3) is 0.558. The molecule has 49 heavy (non-hydrogen) atoms. The molecule has 6 nitrogen and oxygen atoms in total. The van der Waals surface area contributed by atoms with Gasteiger partial charge in [0, 0.05) is 12.8 Å². The minimum absolute atomic E-state index is 0.00640. The van der Waals surface area contributed by atoms with Crippen molar-refractivity contribution in [1.29, 1.82) is 0 Å². The second-order valence-corrected chi connectivity index (χ2v) is 12.5. The van der Waals surface area contributed by atoms with E-state index in [-0.39, 0.29) is 30.1 Å². The van der Waals surface area contributed by atoms with E-state index in [1.807, 2.05) is 0 Å². The van der Waals surface area contributed by atoms with Crippen molar-refractivity contribution in [2.45, 2.75) is 156 Å². The van der Waals surface area contributed by atoms with Crippen LogP contribution >= 0.6 is 0 Å². The number of hydrogen-bond donors (Lipinski definition) is 1. The highest BCUT2D eigenvalue weighted by Crippen LogP contribution is 2.40. The first-order chi connectivity index (χ1) is 23.9. The van der Waals surface area contributed by atoms with Crippen LogP contribution in [0.2, 0.25) is 0 Å². The third-order valence-corrected chi connectivity index (χ3v) is 7.90. The van der Waals surface area contributed by atoms with Gasteiger partial charge in [0.25, 0.3) is 0 Å². The summed E-state index contributed by atoms with van der Waals surface area (Å²) in [5.41, 5.74) is 0.694. The van der Waals surface area contributed by atoms with E-state index in [1.165, 1.54) is 51.4 Å². The summed E-state index contributed by atoms with van der Waals surface area (Å²) in [5.74, 6) is -1.33. The topological polar surface area (TPSA) is 85.7 Å². The molecule has 0 atom stereocenters. The molecule has 0 amide bonds. The number of nitrogens with zero attached hydrogens (tertiary/aromatic N) is 1. The van der Waals surface area contributed by atoms with Gasteiger partial charge >= 0.3 is 11.9 Å². The normalized spacial score (nSPS) is 12.2. The van der Waals surface area contributed by atoms with Crippen molar-refractivity contribution in [3.8, 4) is 17.2 Å². The summed E-state index contributed by atoms with van der Waals surface area (Å²) in [4.78, 5) is 29.6. The van der Waals surface area contributed by atoms with Crippen LogP contribution in [0.25, 0.3) is 0 Å². The number of rotatable bonds is 28. The Morgan fingerprint density at radius 3 is 1.24 bits per heavy atom. The number of aromatic nitrogens is 1. The maximum Gasteiger partial charge on any atom is 0.311 e. The highest BCUT2D eigenvalue weighted by molar-refractivity contribution is 5.78. The number of carbonyl (C=O) groups excluding carboxylic acids is 2. The van der Waals surface area contributed by atoms with Crippen LogP contribution in [0.4, 0.5) is 0 Å². The SMILES string of the molecule is CCCCC/C=C\C/C=C\C/C=C\CCCCC(=O)Oc1c(C)nc(C)c(O)c1OC(=O)CCCC/C=C\C/C=C\C/C=C\CCCCC.